The summed E-state index contributed by atoms with van der Waals surface area (Å²) in [6.07, 6.45) is 9.31. The maximum Gasteiger partial charge on any atom is 0.346 e. The minimum absolute atomic E-state index is 0.0933. The summed E-state index contributed by atoms with van der Waals surface area (Å²) < 4.78 is 5.32. The summed E-state index contributed by atoms with van der Waals surface area (Å²) in [5, 5.41) is 4.73. The molecule has 31 heavy (non-hydrogen) atoms. The molecule has 3 aliphatic rings. The van der Waals surface area contributed by atoms with Gasteiger partial charge in [0, 0.05) is 18.1 Å². The van der Waals surface area contributed by atoms with E-state index in [4.69, 9.17) is 32.9 Å². The normalized spacial score (nSPS) is 22.6. The van der Waals surface area contributed by atoms with Crippen LogP contribution >= 0.6 is 35.0 Å². The van der Waals surface area contributed by atoms with Gasteiger partial charge < -0.3 is 15.0 Å². The van der Waals surface area contributed by atoms with Crippen molar-refractivity contribution in [3.63, 3.8) is 0 Å². The van der Waals surface area contributed by atoms with Gasteiger partial charge in [-0.05, 0) is 54.0 Å². The number of fused-ring (bicyclic) bond motifs is 1. The van der Waals surface area contributed by atoms with Gasteiger partial charge in [0.05, 0.1) is 12.6 Å². The highest BCUT2D eigenvalue weighted by atomic mass is 35.5. The molecule has 1 N–H and O–H groups in total. The van der Waals surface area contributed by atoms with Gasteiger partial charge in [-0.1, -0.05) is 49.2 Å². The molecule has 6 nitrogen and oxygen atoms in total. The summed E-state index contributed by atoms with van der Waals surface area (Å²) in [7, 11) is 0. The number of hydrogen-bond donors (Lipinski definition) is 1. The first-order valence-corrected chi connectivity index (χ1v) is 11.6. The largest absolute Gasteiger partial charge is 0.462 e. The van der Waals surface area contributed by atoms with E-state index in [-0.39, 0.29) is 24.0 Å². The van der Waals surface area contributed by atoms with Gasteiger partial charge in [0.2, 0.25) is 0 Å². The monoisotopic (exact) mass is 476 g/mol. The van der Waals surface area contributed by atoms with Crippen molar-refractivity contribution in [2.24, 2.45) is 10.9 Å². The molecule has 0 bridgehead atoms. The van der Waals surface area contributed by atoms with Crippen molar-refractivity contribution >= 4 is 46.1 Å². The zero-order valence-corrected chi connectivity index (χ0v) is 19.6. The Morgan fingerprint density at radius 1 is 1.32 bits per heavy atom. The van der Waals surface area contributed by atoms with Crippen LogP contribution in [0.3, 0.4) is 0 Å². The van der Waals surface area contributed by atoms with Crippen molar-refractivity contribution in [1.29, 1.82) is 0 Å². The smallest absolute Gasteiger partial charge is 0.346 e. The molecule has 0 aromatic carbocycles. The Hall–Kier alpha value is -2.22. The number of carbonyl (C=O) groups excluding carboxylic acids is 1. The van der Waals surface area contributed by atoms with E-state index in [2.05, 4.69) is 29.0 Å². The summed E-state index contributed by atoms with van der Waals surface area (Å²) in [6, 6.07) is 3.34. The Labute approximate surface area is 195 Å². The summed E-state index contributed by atoms with van der Waals surface area (Å²) >= 11 is 13.5. The fraction of sp³-hybridized carbons (Fsp3) is 0.318. The van der Waals surface area contributed by atoms with Crippen LogP contribution in [0.15, 0.2) is 69.1 Å². The molecule has 162 valence electrons. The highest BCUT2D eigenvalue weighted by molar-refractivity contribution is 8.18. The molecule has 1 aromatic heterocycles. The predicted molar refractivity (Wildman–Crippen MR) is 125 cm³/mol. The number of esters is 1. The molecule has 4 heterocycles. The lowest BCUT2D eigenvalue weighted by Gasteiger charge is -2.31. The second-order valence-corrected chi connectivity index (χ2v) is 9.21. The highest BCUT2D eigenvalue weighted by Gasteiger charge is 2.47. The third-order valence-electron chi connectivity index (χ3n) is 5.08. The number of aromatic nitrogens is 1. The second kappa shape index (κ2) is 9.10. The predicted octanol–water partition coefficient (Wildman–Crippen LogP) is 5.12. The van der Waals surface area contributed by atoms with Crippen molar-refractivity contribution in [3.8, 4) is 0 Å². The quantitative estimate of drug-likeness (QED) is 0.361. The van der Waals surface area contributed by atoms with Crippen LogP contribution in [0.5, 0.6) is 0 Å². The molecule has 2 atom stereocenters. The summed E-state index contributed by atoms with van der Waals surface area (Å²) in [6.45, 7) is 6.27. The van der Waals surface area contributed by atoms with Crippen LogP contribution in [-0.4, -0.2) is 33.7 Å². The number of thioether (sulfide) groups is 1. The topological polar surface area (TPSA) is 66.8 Å². The number of halogens is 2. The summed E-state index contributed by atoms with van der Waals surface area (Å²) in [4.78, 5) is 24.7. The van der Waals surface area contributed by atoms with E-state index in [0.29, 0.717) is 21.8 Å². The van der Waals surface area contributed by atoms with Crippen LogP contribution in [-0.2, 0) is 9.53 Å². The van der Waals surface area contributed by atoms with E-state index < -0.39 is 0 Å². The van der Waals surface area contributed by atoms with Crippen molar-refractivity contribution < 1.29 is 9.53 Å². The number of amidine groups is 1. The fourth-order valence-corrected chi connectivity index (χ4v) is 5.29. The van der Waals surface area contributed by atoms with Crippen LogP contribution in [0.25, 0.3) is 0 Å². The van der Waals surface area contributed by atoms with Gasteiger partial charge in [-0.25, -0.2) is 9.78 Å². The van der Waals surface area contributed by atoms with Gasteiger partial charge in [0.15, 0.2) is 5.17 Å². The van der Waals surface area contributed by atoms with Crippen LogP contribution in [0.1, 0.15) is 32.4 Å². The van der Waals surface area contributed by atoms with Gasteiger partial charge in [-0.3, -0.25) is 4.99 Å². The third kappa shape index (κ3) is 4.27. The molecule has 0 amide bonds. The first-order chi connectivity index (χ1) is 14.9. The SMILES string of the molecule is CCOC(=O)C1=C(C(C)C)N2C(=NC(C3=CC=C(Cl)NC=C3)C2c2ccc(Cl)nc2)S1. The second-order valence-electron chi connectivity index (χ2n) is 7.44. The molecule has 0 saturated carbocycles. The highest BCUT2D eigenvalue weighted by Crippen LogP contribution is 2.50. The number of nitrogens with zero attached hydrogens (tertiary/aromatic N) is 3. The van der Waals surface area contributed by atoms with Crippen LogP contribution in [0.4, 0.5) is 0 Å². The molecule has 4 rings (SSSR count). The maximum atomic E-state index is 12.7. The molecule has 0 radical (unpaired) electrons. The lowest BCUT2D eigenvalue weighted by Crippen LogP contribution is -2.32. The number of nitrogens with one attached hydrogen (secondary N) is 1. The Kier molecular flexibility index (Phi) is 6.46. The number of carbonyl (C=O) groups is 1. The van der Waals surface area contributed by atoms with Gasteiger partial charge in [-0.2, -0.15) is 0 Å². The number of hydrogen-bond acceptors (Lipinski definition) is 7. The van der Waals surface area contributed by atoms with Crippen molar-refractivity contribution in [3.05, 3.63) is 74.8 Å². The lowest BCUT2D eigenvalue weighted by atomic mass is 9.93. The number of allylic oxidation sites excluding steroid dienone is 3. The molecule has 0 aliphatic carbocycles. The Morgan fingerprint density at radius 2 is 2.13 bits per heavy atom. The van der Waals surface area contributed by atoms with E-state index in [9.17, 15) is 4.79 Å². The van der Waals surface area contributed by atoms with Gasteiger partial charge in [0.1, 0.15) is 21.3 Å². The molecule has 0 saturated heterocycles. The van der Waals surface area contributed by atoms with E-state index in [1.165, 1.54) is 11.8 Å². The standard InChI is InChI=1S/C22H22Cl2N4O2S/c1-4-30-21(29)20-18(12(2)3)28-19(14-6-8-16(24)26-11-14)17(27-22(28)31-20)13-5-7-15(23)25-10-9-13/h5-12,17,19,25H,4H2,1-3H3. The zero-order valence-electron chi connectivity index (χ0n) is 17.3. The Balaban J connectivity index is 1.82. The van der Waals surface area contributed by atoms with E-state index in [1.54, 1.807) is 18.5 Å². The van der Waals surface area contributed by atoms with Gasteiger partial charge >= 0.3 is 5.97 Å². The number of ether oxygens (including phenoxy) is 1. The van der Waals surface area contributed by atoms with Crippen LogP contribution in [0, 0.1) is 5.92 Å². The average molecular weight is 477 g/mol. The molecule has 2 unspecified atom stereocenters. The van der Waals surface area contributed by atoms with E-state index in [1.807, 2.05) is 31.2 Å². The Bertz CT molecular complexity index is 1040. The number of pyridine rings is 1. The average Bonchev–Trinajstić information content (AvgIpc) is 3.19. The van der Waals surface area contributed by atoms with Gasteiger partial charge in [-0.15, -0.1) is 0 Å². The number of rotatable bonds is 5. The summed E-state index contributed by atoms with van der Waals surface area (Å²) in [5.74, 6) is -0.221. The summed E-state index contributed by atoms with van der Waals surface area (Å²) in [5.41, 5.74) is 2.86. The van der Waals surface area contributed by atoms with E-state index >= 15 is 0 Å². The molecular weight excluding hydrogens is 455 g/mol. The molecule has 9 heteroatoms. The lowest BCUT2D eigenvalue weighted by molar-refractivity contribution is -0.137. The van der Waals surface area contributed by atoms with Crippen molar-refractivity contribution in [1.82, 2.24) is 15.2 Å². The molecule has 3 aliphatic heterocycles. The third-order valence-corrected chi connectivity index (χ3v) is 6.60. The first-order valence-electron chi connectivity index (χ1n) is 9.98. The van der Waals surface area contributed by atoms with Crippen molar-refractivity contribution in [2.75, 3.05) is 6.61 Å². The molecule has 1 aromatic rings. The Morgan fingerprint density at radius 3 is 2.81 bits per heavy atom. The zero-order chi connectivity index (χ0) is 22.1. The van der Waals surface area contributed by atoms with Gasteiger partial charge in [0.25, 0.3) is 0 Å². The van der Waals surface area contributed by atoms with E-state index in [0.717, 1.165) is 22.0 Å². The minimum Gasteiger partial charge on any atom is -0.462 e. The fourth-order valence-electron chi connectivity index (χ4n) is 3.81. The van der Waals surface area contributed by atoms with Crippen LogP contribution in [0.2, 0.25) is 5.15 Å². The molecular formula is C22H22Cl2N4O2S. The first kappa shape index (κ1) is 22.0. The molecule has 0 spiro atoms. The van der Waals surface area contributed by atoms with Crippen LogP contribution < -0.4 is 5.32 Å². The number of aliphatic imine (C=N–C) groups is 1. The minimum atomic E-state index is -0.315. The molecule has 0 fully saturated rings. The maximum absolute atomic E-state index is 12.7. The van der Waals surface area contributed by atoms with Crippen molar-refractivity contribution in [2.45, 2.75) is 32.9 Å².